The molecule has 0 bridgehead atoms. The lowest BCUT2D eigenvalue weighted by atomic mass is 10.2. The predicted octanol–water partition coefficient (Wildman–Crippen LogP) is 1.60. The first-order chi connectivity index (χ1) is 10.6. The van der Waals surface area contributed by atoms with E-state index in [1.54, 1.807) is 31.2 Å². The summed E-state index contributed by atoms with van der Waals surface area (Å²) in [7, 11) is 1.48. The number of nitrogens with one attached hydrogen (secondary N) is 3. The second kappa shape index (κ2) is 7.91. The molecule has 1 aromatic carbocycles. The minimum absolute atomic E-state index is 0.0885. The number of carbonyl (C=O) groups is 2. The number of carbonyl (C=O) groups excluding carboxylic acids is 2. The van der Waals surface area contributed by atoms with Gasteiger partial charge in [-0.15, -0.1) is 0 Å². The summed E-state index contributed by atoms with van der Waals surface area (Å²) in [6.07, 6.45) is 2.00. The molecule has 0 spiro atoms. The summed E-state index contributed by atoms with van der Waals surface area (Å²) in [5.74, 6) is 0.431. The van der Waals surface area contributed by atoms with Crippen LogP contribution in [0.2, 0.25) is 0 Å². The Morgan fingerprint density at radius 2 is 1.95 bits per heavy atom. The summed E-state index contributed by atoms with van der Waals surface area (Å²) >= 11 is 0. The van der Waals surface area contributed by atoms with Crippen LogP contribution in [0.3, 0.4) is 0 Å². The molecular formula is C16H23N3O3. The van der Waals surface area contributed by atoms with E-state index >= 15 is 0 Å². The van der Waals surface area contributed by atoms with Crippen LogP contribution in [-0.2, 0) is 14.3 Å². The van der Waals surface area contributed by atoms with Gasteiger partial charge in [-0.05, 0) is 50.4 Å². The third-order valence-electron chi connectivity index (χ3n) is 3.55. The highest BCUT2D eigenvalue weighted by molar-refractivity contribution is 5.96. The Hall–Kier alpha value is -1.92. The first-order valence-corrected chi connectivity index (χ1v) is 7.52. The van der Waals surface area contributed by atoms with Gasteiger partial charge in [0.25, 0.3) is 5.91 Å². The number of anilines is 2. The van der Waals surface area contributed by atoms with Crippen LogP contribution >= 0.6 is 0 Å². The predicted molar refractivity (Wildman–Crippen MR) is 85.8 cm³/mol. The molecule has 2 amide bonds. The molecule has 22 heavy (non-hydrogen) atoms. The number of amides is 2. The topological polar surface area (TPSA) is 79.5 Å². The lowest BCUT2D eigenvalue weighted by molar-refractivity contribution is -0.124. The molecule has 6 nitrogen and oxygen atoms in total. The molecular weight excluding hydrogens is 282 g/mol. The van der Waals surface area contributed by atoms with E-state index < -0.39 is 6.10 Å². The molecule has 6 heteroatoms. The van der Waals surface area contributed by atoms with Crippen molar-refractivity contribution in [1.29, 1.82) is 0 Å². The Kier molecular flexibility index (Phi) is 5.91. The average Bonchev–Trinajstić information content (AvgIpc) is 3.31. The fourth-order valence-corrected chi connectivity index (χ4v) is 1.94. The highest BCUT2D eigenvalue weighted by Crippen LogP contribution is 2.27. The van der Waals surface area contributed by atoms with Crippen molar-refractivity contribution >= 4 is 23.2 Å². The molecule has 0 heterocycles. The number of ether oxygens (including phenoxy) is 1. The highest BCUT2D eigenvalue weighted by atomic mass is 16.5. The molecule has 0 saturated heterocycles. The standard InChI is InChI=1S/C16H23N3O3/c1-11(22-2)16(21)19-14-5-3-4-13(8-14)18-15(20)10-17-9-12-6-7-12/h3-5,8,11-12,17H,6-7,9-10H2,1-2H3,(H,18,20)(H,19,21). The van der Waals surface area contributed by atoms with Crippen molar-refractivity contribution in [1.82, 2.24) is 5.32 Å². The summed E-state index contributed by atoms with van der Waals surface area (Å²) in [6.45, 7) is 2.87. The van der Waals surface area contributed by atoms with Gasteiger partial charge < -0.3 is 20.7 Å². The van der Waals surface area contributed by atoms with Crippen molar-refractivity contribution in [2.24, 2.45) is 5.92 Å². The van der Waals surface area contributed by atoms with Crippen molar-refractivity contribution in [3.8, 4) is 0 Å². The van der Waals surface area contributed by atoms with Crippen molar-refractivity contribution in [2.45, 2.75) is 25.9 Å². The molecule has 0 radical (unpaired) electrons. The van der Waals surface area contributed by atoms with E-state index in [0.29, 0.717) is 17.9 Å². The molecule has 3 N–H and O–H groups in total. The molecule has 1 fully saturated rings. The van der Waals surface area contributed by atoms with E-state index in [0.717, 1.165) is 12.5 Å². The molecule has 1 aliphatic carbocycles. The molecule has 120 valence electrons. The maximum Gasteiger partial charge on any atom is 0.253 e. The van der Waals surface area contributed by atoms with E-state index in [1.165, 1.54) is 20.0 Å². The van der Waals surface area contributed by atoms with Gasteiger partial charge in [0.05, 0.1) is 6.54 Å². The van der Waals surface area contributed by atoms with Gasteiger partial charge in [-0.25, -0.2) is 0 Å². The van der Waals surface area contributed by atoms with Crippen LogP contribution in [0.25, 0.3) is 0 Å². The van der Waals surface area contributed by atoms with Crippen molar-refractivity contribution < 1.29 is 14.3 Å². The van der Waals surface area contributed by atoms with Gasteiger partial charge in [0.1, 0.15) is 6.10 Å². The first-order valence-electron chi connectivity index (χ1n) is 7.52. The van der Waals surface area contributed by atoms with Crippen LogP contribution in [0.4, 0.5) is 11.4 Å². The second-order valence-corrected chi connectivity index (χ2v) is 5.57. The van der Waals surface area contributed by atoms with Gasteiger partial charge in [0.15, 0.2) is 0 Å². The second-order valence-electron chi connectivity index (χ2n) is 5.57. The number of hydrogen-bond acceptors (Lipinski definition) is 4. The Bertz CT molecular complexity index is 529. The average molecular weight is 305 g/mol. The third kappa shape index (κ3) is 5.46. The lowest BCUT2D eigenvalue weighted by Gasteiger charge is -2.12. The maximum absolute atomic E-state index is 11.8. The van der Waals surface area contributed by atoms with E-state index in [4.69, 9.17) is 4.74 Å². The molecule has 0 aromatic heterocycles. The first kappa shape index (κ1) is 16.5. The van der Waals surface area contributed by atoms with E-state index in [2.05, 4.69) is 16.0 Å². The Morgan fingerprint density at radius 3 is 2.59 bits per heavy atom. The summed E-state index contributed by atoms with van der Waals surface area (Å²) in [4.78, 5) is 23.6. The van der Waals surface area contributed by atoms with E-state index in [1.807, 2.05) is 0 Å². The quantitative estimate of drug-likeness (QED) is 0.681. The fraction of sp³-hybridized carbons (Fsp3) is 0.500. The molecule has 1 atom stereocenters. The van der Waals surface area contributed by atoms with Gasteiger partial charge in [-0.2, -0.15) is 0 Å². The van der Waals surface area contributed by atoms with E-state index in [-0.39, 0.29) is 11.8 Å². The fourth-order valence-electron chi connectivity index (χ4n) is 1.94. The minimum Gasteiger partial charge on any atom is -0.372 e. The number of rotatable bonds is 8. The minimum atomic E-state index is -0.523. The summed E-state index contributed by atoms with van der Waals surface area (Å²) in [5, 5.41) is 8.69. The Labute approximate surface area is 130 Å². The normalized spacial score (nSPS) is 15.2. The van der Waals surface area contributed by atoms with Crippen LogP contribution in [0.1, 0.15) is 19.8 Å². The summed E-state index contributed by atoms with van der Waals surface area (Å²) in [5.41, 5.74) is 1.28. The smallest absolute Gasteiger partial charge is 0.253 e. The van der Waals surface area contributed by atoms with Crippen LogP contribution < -0.4 is 16.0 Å². The van der Waals surface area contributed by atoms with Crippen LogP contribution in [0, 0.1) is 5.92 Å². The molecule has 1 aliphatic rings. The van der Waals surface area contributed by atoms with Gasteiger partial charge in [-0.3, -0.25) is 9.59 Å². The Morgan fingerprint density at radius 1 is 1.27 bits per heavy atom. The molecule has 0 aliphatic heterocycles. The molecule has 1 saturated carbocycles. The van der Waals surface area contributed by atoms with Gasteiger partial charge in [-0.1, -0.05) is 6.07 Å². The highest BCUT2D eigenvalue weighted by Gasteiger charge is 2.20. The number of methoxy groups -OCH3 is 1. The van der Waals surface area contributed by atoms with Crippen molar-refractivity contribution in [3.63, 3.8) is 0 Å². The molecule has 2 rings (SSSR count). The monoisotopic (exact) mass is 305 g/mol. The van der Waals surface area contributed by atoms with Crippen molar-refractivity contribution in [3.05, 3.63) is 24.3 Å². The zero-order chi connectivity index (χ0) is 15.9. The lowest BCUT2D eigenvalue weighted by Crippen LogP contribution is -2.29. The van der Waals surface area contributed by atoms with Crippen LogP contribution in [0.15, 0.2) is 24.3 Å². The van der Waals surface area contributed by atoms with Crippen LogP contribution in [0.5, 0.6) is 0 Å². The van der Waals surface area contributed by atoms with E-state index in [9.17, 15) is 9.59 Å². The molecule has 1 unspecified atom stereocenters. The van der Waals surface area contributed by atoms with Gasteiger partial charge in [0, 0.05) is 18.5 Å². The SMILES string of the molecule is COC(C)C(=O)Nc1cccc(NC(=O)CNCC2CC2)c1. The van der Waals surface area contributed by atoms with Gasteiger partial charge in [0.2, 0.25) is 5.91 Å². The third-order valence-corrected chi connectivity index (χ3v) is 3.55. The summed E-state index contributed by atoms with van der Waals surface area (Å²) in [6, 6.07) is 7.05. The van der Waals surface area contributed by atoms with Crippen molar-refractivity contribution in [2.75, 3.05) is 30.8 Å². The zero-order valence-corrected chi connectivity index (χ0v) is 13.0. The largest absolute Gasteiger partial charge is 0.372 e. The number of hydrogen-bond donors (Lipinski definition) is 3. The van der Waals surface area contributed by atoms with Gasteiger partial charge >= 0.3 is 0 Å². The zero-order valence-electron chi connectivity index (χ0n) is 13.0. The van der Waals surface area contributed by atoms with Crippen LogP contribution in [-0.4, -0.2) is 38.1 Å². The molecule has 1 aromatic rings. The Balaban J connectivity index is 1.81. The summed E-state index contributed by atoms with van der Waals surface area (Å²) < 4.78 is 4.96. The maximum atomic E-state index is 11.8. The number of benzene rings is 1.